The number of piperidine rings is 1. The van der Waals surface area contributed by atoms with Gasteiger partial charge in [0, 0.05) is 16.6 Å². The second-order valence-corrected chi connectivity index (χ2v) is 6.94. The van der Waals surface area contributed by atoms with Crippen molar-refractivity contribution in [1.82, 2.24) is 4.90 Å². The van der Waals surface area contributed by atoms with Gasteiger partial charge in [0.2, 0.25) is 0 Å². The smallest absolute Gasteiger partial charge is 0.255 e. The molecule has 0 spiro atoms. The third-order valence-electron chi connectivity index (χ3n) is 4.42. The summed E-state index contributed by atoms with van der Waals surface area (Å²) in [5.74, 6) is 0.134. The number of benzene rings is 1. The average molecular weight is 362 g/mol. The highest BCUT2D eigenvalue weighted by Gasteiger charge is 2.31. The summed E-state index contributed by atoms with van der Waals surface area (Å²) in [6, 6.07) is 7.91. The number of amides is 1. The van der Waals surface area contributed by atoms with Crippen LogP contribution in [0.1, 0.15) is 29.6 Å². The number of halogens is 1. The largest absolute Gasteiger partial charge is 0.331 e. The number of hydrogen-bond acceptors (Lipinski definition) is 1. The Hall–Kier alpha value is -1.39. The molecule has 0 bridgehead atoms. The molecule has 0 aliphatic carbocycles. The maximum Gasteiger partial charge on any atom is 0.255 e. The van der Waals surface area contributed by atoms with Crippen LogP contribution >= 0.6 is 15.9 Å². The predicted octanol–water partition coefficient (Wildman–Crippen LogP) is 2.41. The van der Waals surface area contributed by atoms with E-state index in [1.54, 1.807) is 0 Å². The lowest BCUT2D eigenvalue weighted by molar-refractivity contribution is -0.819. The zero-order chi connectivity index (χ0) is 15.5. The molecule has 0 aromatic heterocycles. The highest BCUT2D eigenvalue weighted by molar-refractivity contribution is 9.10. The predicted molar refractivity (Wildman–Crippen MR) is 91.8 cm³/mol. The van der Waals surface area contributed by atoms with Gasteiger partial charge in [0.25, 0.3) is 5.91 Å². The number of likely N-dealkylation sites (N-methyl/N-ethyl adjacent to an activating group) is 1. The van der Waals surface area contributed by atoms with E-state index in [2.05, 4.69) is 46.2 Å². The highest BCUT2D eigenvalue weighted by Crippen LogP contribution is 2.27. The van der Waals surface area contributed by atoms with Crippen LogP contribution in [0, 0.1) is 0 Å². The monoisotopic (exact) mass is 361 g/mol. The van der Waals surface area contributed by atoms with Crippen LogP contribution in [0.25, 0.3) is 0 Å². The molecule has 1 saturated heterocycles. The molecule has 3 nitrogen and oxygen atoms in total. The van der Waals surface area contributed by atoms with Crippen molar-refractivity contribution < 1.29 is 9.69 Å². The zero-order valence-electron chi connectivity index (χ0n) is 12.9. The van der Waals surface area contributed by atoms with Crippen LogP contribution in [-0.2, 0) is 0 Å². The first-order valence-corrected chi connectivity index (χ1v) is 8.72. The Balaban J connectivity index is 1.88. The van der Waals surface area contributed by atoms with Crippen molar-refractivity contribution in [3.05, 3.63) is 58.2 Å². The molecule has 1 fully saturated rings. The molecule has 1 amide bonds. The molecule has 1 aromatic rings. The minimum Gasteiger partial charge on any atom is -0.331 e. The third kappa shape index (κ3) is 3.18. The molecule has 116 valence electrons. The summed E-state index contributed by atoms with van der Waals surface area (Å²) < 4.78 is 0.875. The molecular formula is C18H22BrN2O+. The van der Waals surface area contributed by atoms with E-state index in [0.717, 1.165) is 36.0 Å². The molecular weight excluding hydrogens is 340 g/mol. The van der Waals surface area contributed by atoms with Gasteiger partial charge < -0.3 is 9.80 Å². The summed E-state index contributed by atoms with van der Waals surface area (Å²) in [6.07, 6.45) is 10.0. The molecule has 4 heteroatoms. The second-order valence-electron chi connectivity index (χ2n) is 6.09. The van der Waals surface area contributed by atoms with Crippen LogP contribution in [0.5, 0.6) is 0 Å². The lowest BCUT2D eigenvalue weighted by atomic mass is 9.93. The summed E-state index contributed by atoms with van der Waals surface area (Å²) in [4.78, 5) is 16.4. The van der Waals surface area contributed by atoms with Gasteiger partial charge in [0.1, 0.15) is 6.54 Å². The topological polar surface area (TPSA) is 24.8 Å². The standard InChI is InChI=1S/C18H21BrN2O/c1-20-11-6-7-14(13-20)17-10-4-5-12-21(17)18(22)15-8-2-3-9-16(15)19/h2-3,6-9,13,17H,4-5,10-12H2,1H3/p+1. The van der Waals surface area contributed by atoms with Crippen LogP contribution in [-0.4, -0.2) is 37.0 Å². The van der Waals surface area contributed by atoms with Crippen molar-refractivity contribution in [2.24, 2.45) is 0 Å². The Kier molecular flexibility index (Phi) is 4.79. The number of likely N-dealkylation sites (tertiary alicyclic amines) is 1. The van der Waals surface area contributed by atoms with Crippen molar-refractivity contribution in [2.45, 2.75) is 25.3 Å². The van der Waals surface area contributed by atoms with Crippen LogP contribution < -0.4 is 4.90 Å². The highest BCUT2D eigenvalue weighted by atomic mass is 79.9. The summed E-state index contributed by atoms with van der Waals surface area (Å²) in [5.41, 5.74) is 2.04. The fourth-order valence-electron chi connectivity index (χ4n) is 3.29. The number of nitrogens with zero attached hydrogens (tertiary/aromatic N) is 1. The number of nitrogens with one attached hydrogen (secondary N) is 1. The number of hydrogen-bond donors (Lipinski definition) is 1. The minimum absolute atomic E-state index is 0.134. The van der Waals surface area contributed by atoms with Gasteiger partial charge in [-0.25, -0.2) is 0 Å². The molecule has 22 heavy (non-hydrogen) atoms. The molecule has 2 aliphatic heterocycles. The van der Waals surface area contributed by atoms with Gasteiger partial charge in [0.05, 0.1) is 24.9 Å². The summed E-state index contributed by atoms with van der Waals surface area (Å²) in [7, 11) is 2.16. The van der Waals surface area contributed by atoms with E-state index in [1.807, 2.05) is 24.3 Å². The van der Waals surface area contributed by atoms with Gasteiger partial charge in [-0.15, -0.1) is 0 Å². The quantitative estimate of drug-likeness (QED) is 0.859. The fraction of sp³-hybridized carbons (Fsp3) is 0.389. The first-order valence-electron chi connectivity index (χ1n) is 7.93. The molecule has 2 atom stereocenters. The van der Waals surface area contributed by atoms with Gasteiger partial charge in [-0.05, 0) is 53.4 Å². The molecule has 0 radical (unpaired) electrons. The second kappa shape index (κ2) is 6.80. The lowest BCUT2D eigenvalue weighted by Crippen LogP contribution is -3.04. The van der Waals surface area contributed by atoms with E-state index in [4.69, 9.17) is 0 Å². The van der Waals surface area contributed by atoms with Crippen molar-refractivity contribution in [3.63, 3.8) is 0 Å². The van der Waals surface area contributed by atoms with Gasteiger partial charge in [0.15, 0.2) is 0 Å². The zero-order valence-corrected chi connectivity index (χ0v) is 14.5. The van der Waals surface area contributed by atoms with E-state index in [0.29, 0.717) is 0 Å². The molecule has 1 aromatic carbocycles. The van der Waals surface area contributed by atoms with Gasteiger partial charge >= 0.3 is 0 Å². The van der Waals surface area contributed by atoms with Gasteiger partial charge in [-0.1, -0.05) is 18.2 Å². The Bertz CT molecular complexity index is 623. The van der Waals surface area contributed by atoms with Crippen LogP contribution in [0.3, 0.4) is 0 Å². The Labute approximate surface area is 140 Å². The van der Waals surface area contributed by atoms with Gasteiger partial charge in [-0.3, -0.25) is 4.79 Å². The third-order valence-corrected chi connectivity index (χ3v) is 5.11. The number of rotatable bonds is 2. The summed E-state index contributed by atoms with van der Waals surface area (Å²) in [5, 5.41) is 0. The maximum absolute atomic E-state index is 13.0. The van der Waals surface area contributed by atoms with E-state index in [-0.39, 0.29) is 11.9 Å². The summed E-state index contributed by atoms with van der Waals surface area (Å²) in [6.45, 7) is 1.86. The normalized spacial score (nSPS) is 25.0. The Morgan fingerprint density at radius 2 is 2.14 bits per heavy atom. The summed E-state index contributed by atoms with van der Waals surface area (Å²) >= 11 is 3.51. The van der Waals surface area contributed by atoms with Crippen molar-refractivity contribution >= 4 is 21.8 Å². The fourth-order valence-corrected chi connectivity index (χ4v) is 3.74. The SMILES string of the molecule is C[NH+]1C=C(C2CCCCN2C(=O)c2ccccc2Br)C=CC1. The number of quaternary nitrogens is 1. The van der Waals surface area contributed by atoms with E-state index >= 15 is 0 Å². The molecule has 2 heterocycles. The molecule has 0 saturated carbocycles. The number of carbonyl (C=O) groups is 1. The lowest BCUT2D eigenvalue weighted by Gasteiger charge is -2.37. The Morgan fingerprint density at radius 1 is 1.32 bits per heavy atom. The van der Waals surface area contributed by atoms with E-state index in [9.17, 15) is 4.79 Å². The van der Waals surface area contributed by atoms with Crippen molar-refractivity contribution in [2.75, 3.05) is 20.1 Å². The van der Waals surface area contributed by atoms with Crippen molar-refractivity contribution in [1.29, 1.82) is 0 Å². The molecule has 1 N–H and O–H groups in total. The molecule has 2 unspecified atom stereocenters. The van der Waals surface area contributed by atoms with E-state index < -0.39 is 0 Å². The first kappa shape index (κ1) is 15.5. The van der Waals surface area contributed by atoms with Crippen molar-refractivity contribution in [3.8, 4) is 0 Å². The minimum atomic E-state index is 0.134. The first-order chi connectivity index (χ1) is 10.7. The van der Waals surface area contributed by atoms with Crippen LogP contribution in [0.4, 0.5) is 0 Å². The number of carbonyl (C=O) groups excluding carboxylic acids is 1. The van der Waals surface area contributed by atoms with Crippen LogP contribution in [0.2, 0.25) is 0 Å². The molecule has 2 aliphatic rings. The maximum atomic E-state index is 13.0. The van der Waals surface area contributed by atoms with E-state index in [1.165, 1.54) is 16.9 Å². The Morgan fingerprint density at radius 3 is 2.91 bits per heavy atom. The van der Waals surface area contributed by atoms with Gasteiger partial charge in [-0.2, -0.15) is 0 Å². The average Bonchev–Trinajstić information content (AvgIpc) is 2.55. The molecule has 3 rings (SSSR count). The van der Waals surface area contributed by atoms with Crippen LogP contribution in [0.15, 0.2) is 52.7 Å².